The van der Waals surface area contributed by atoms with E-state index in [1.54, 1.807) is 12.1 Å². The molecule has 0 bridgehead atoms. The molecule has 0 saturated carbocycles. The van der Waals surface area contributed by atoms with Crippen molar-refractivity contribution >= 4 is 16.8 Å². The first-order valence-electron chi connectivity index (χ1n) is 8.94. The fourth-order valence-electron chi connectivity index (χ4n) is 3.64. The molecule has 1 amide bonds. The molecule has 0 aliphatic carbocycles. The van der Waals surface area contributed by atoms with Gasteiger partial charge in [0.1, 0.15) is 5.82 Å². The molecule has 5 heteroatoms. The van der Waals surface area contributed by atoms with Gasteiger partial charge in [-0.15, -0.1) is 0 Å². The van der Waals surface area contributed by atoms with E-state index in [1.807, 2.05) is 6.07 Å². The SMILES string of the molecule is NC(=O)CCCCCCCN1CCc2[nH]c3cccc(F)c3c2C1. The first kappa shape index (κ1) is 17.0. The van der Waals surface area contributed by atoms with E-state index in [0.717, 1.165) is 68.2 Å². The van der Waals surface area contributed by atoms with Crippen molar-refractivity contribution in [3.63, 3.8) is 0 Å². The van der Waals surface area contributed by atoms with Gasteiger partial charge in [0.25, 0.3) is 0 Å². The third kappa shape index (κ3) is 3.96. The molecule has 0 unspecified atom stereocenters. The highest BCUT2D eigenvalue weighted by Gasteiger charge is 2.21. The van der Waals surface area contributed by atoms with Crippen LogP contribution in [0, 0.1) is 5.82 Å². The minimum absolute atomic E-state index is 0.124. The van der Waals surface area contributed by atoms with Gasteiger partial charge in [-0.25, -0.2) is 4.39 Å². The Morgan fingerprint density at radius 2 is 2.00 bits per heavy atom. The molecule has 2 aromatic rings. The topological polar surface area (TPSA) is 62.1 Å². The molecule has 1 aliphatic rings. The third-order valence-corrected chi connectivity index (χ3v) is 4.92. The van der Waals surface area contributed by atoms with Crippen molar-refractivity contribution < 1.29 is 9.18 Å². The zero-order valence-electron chi connectivity index (χ0n) is 14.1. The van der Waals surface area contributed by atoms with E-state index in [1.165, 1.54) is 12.1 Å². The number of carbonyl (C=O) groups is 1. The summed E-state index contributed by atoms with van der Waals surface area (Å²) in [4.78, 5) is 16.5. The number of nitrogens with one attached hydrogen (secondary N) is 1. The number of benzene rings is 1. The Kier molecular flexibility index (Phi) is 5.51. The largest absolute Gasteiger partial charge is 0.370 e. The smallest absolute Gasteiger partial charge is 0.217 e. The Morgan fingerprint density at radius 1 is 1.21 bits per heavy atom. The van der Waals surface area contributed by atoms with E-state index >= 15 is 0 Å². The number of rotatable bonds is 8. The normalized spacial score (nSPS) is 14.9. The number of carbonyl (C=O) groups excluding carboxylic acids is 1. The molecule has 1 aliphatic heterocycles. The second-order valence-electron chi connectivity index (χ2n) is 6.75. The minimum Gasteiger partial charge on any atom is -0.370 e. The van der Waals surface area contributed by atoms with Crippen molar-refractivity contribution in [1.82, 2.24) is 9.88 Å². The number of halogens is 1. The van der Waals surface area contributed by atoms with Crippen LogP contribution in [0.5, 0.6) is 0 Å². The fourth-order valence-corrected chi connectivity index (χ4v) is 3.64. The summed E-state index contributed by atoms with van der Waals surface area (Å²) in [6.45, 7) is 2.91. The summed E-state index contributed by atoms with van der Waals surface area (Å²) in [6, 6.07) is 5.25. The van der Waals surface area contributed by atoms with E-state index in [4.69, 9.17) is 5.73 Å². The number of hydrogen-bond donors (Lipinski definition) is 2. The van der Waals surface area contributed by atoms with Gasteiger partial charge in [0.2, 0.25) is 5.91 Å². The van der Waals surface area contributed by atoms with Crippen molar-refractivity contribution in [3.05, 3.63) is 35.3 Å². The predicted molar refractivity (Wildman–Crippen MR) is 94.1 cm³/mol. The number of nitrogens with zero attached hydrogens (tertiary/aromatic N) is 1. The quantitative estimate of drug-likeness (QED) is 0.727. The van der Waals surface area contributed by atoms with Crippen LogP contribution >= 0.6 is 0 Å². The zero-order chi connectivity index (χ0) is 16.9. The predicted octanol–water partition coefficient (Wildman–Crippen LogP) is 3.49. The van der Waals surface area contributed by atoms with Gasteiger partial charge >= 0.3 is 0 Å². The Morgan fingerprint density at radius 3 is 2.83 bits per heavy atom. The molecule has 3 rings (SSSR count). The molecular formula is C19H26FN3O. The highest BCUT2D eigenvalue weighted by atomic mass is 19.1. The lowest BCUT2D eigenvalue weighted by atomic mass is 10.0. The molecule has 0 fully saturated rings. The number of nitrogens with two attached hydrogens (primary N) is 1. The average Bonchev–Trinajstić information content (AvgIpc) is 2.92. The van der Waals surface area contributed by atoms with E-state index in [-0.39, 0.29) is 11.7 Å². The van der Waals surface area contributed by atoms with Gasteiger partial charge in [-0.2, -0.15) is 0 Å². The monoisotopic (exact) mass is 331 g/mol. The molecule has 3 N–H and O–H groups in total. The number of H-pyrrole nitrogens is 1. The van der Waals surface area contributed by atoms with Gasteiger partial charge in [-0.05, 0) is 37.1 Å². The molecule has 24 heavy (non-hydrogen) atoms. The fraction of sp³-hybridized carbons (Fsp3) is 0.526. The highest BCUT2D eigenvalue weighted by molar-refractivity contribution is 5.85. The van der Waals surface area contributed by atoms with Crippen molar-refractivity contribution in [1.29, 1.82) is 0 Å². The average molecular weight is 331 g/mol. The molecule has 0 radical (unpaired) electrons. The lowest BCUT2D eigenvalue weighted by molar-refractivity contribution is -0.118. The van der Waals surface area contributed by atoms with Crippen molar-refractivity contribution in [3.8, 4) is 0 Å². The van der Waals surface area contributed by atoms with Crippen molar-refractivity contribution in [2.75, 3.05) is 13.1 Å². The summed E-state index contributed by atoms with van der Waals surface area (Å²) in [7, 11) is 0. The number of unbranched alkanes of at least 4 members (excludes halogenated alkanes) is 4. The Hall–Kier alpha value is -1.88. The molecule has 2 heterocycles. The van der Waals surface area contributed by atoms with Crippen LogP contribution in [0.15, 0.2) is 18.2 Å². The minimum atomic E-state index is -0.204. The molecule has 0 saturated heterocycles. The lowest BCUT2D eigenvalue weighted by Gasteiger charge is -2.27. The van der Waals surface area contributed by atoms with E-state index in [2.05, 4.69) is 9.88 Å². The van der Waals surface area contributed by atoms with Crippen LogP contribution < -0.4 is 5.73 Å². The number of hydrogen-bond acceptors (Lipinski definition) is 2. The number of primary amides is 1. The van der Waals surface area contributed by atoms with Gasteiger partial charge in [-0.1, -0.05) is 25.3 Å². The standard InChI is InChI=1S/C19H26FN3O/c20-15-7-6-8-17-19(15)14-13-23(12-10-16(14)22-17)11-5-3-1-2-4-9-18(21)24/h6-8,22H,1-5,9-13H2,(H2,21,24). The van der Waals surface area contributed by atoms with Crippen LogP contribution in [-0.2, 0) is 17.8 Å². The molecule has 1 aromatic carbocycles. The maximum atomic E-state index is 14.1. The van der Waals surface area contributed by atoms with Crippen molar-refractivity contribution in [2.45, 2.75) is 51.5 Å². The number of aromatic nitrogens is 1. The van der Waals surface area contributed by atoms with Gasteiger partial charge in [-0.3, -0.25) is 9.69 Å². The van der Waals surface area contributed by atoms with E-state index < -0.39 is 0 Å². The summed E-state index contributed by atoms with van der Waals surface area (Å²) < 4.78 is 14.1. The maximum absolute atomic E-state index is 14.1. The van der Waals surface area contributed by atoms with Crippen LogP contribution in [-0.4, -0.2) is 28.9 Å². The van der Waals surface area contributed by atoms with Gasteiger partial charge in [0, 0.05) is 42.5 Å². The molecule has 0 atom stereocenters. The Labute approximate surface area is 142 Å². The summed E-state index contributed by atoms with van der Waals surface area (Å²) in [6.07, 6.45) is 6.90. The second-order valence-corrected chi connectivity index (χ2v) is 6.75. The van der Waals surface area contributed by atoms with Gasteiger partial charge in [0.15, 0.2) is 0 Å². The summed E-state index contributed by atoms with van der Waals surface area (Å²) in [5.74, 6) is -0.327. The summed E-state index contributed by atoms with van der Waals surface area (Å²) in [5.41, 5.74) is 8.38. The van der Waals surface area contributed by atoms with Crippen LogP contribution in [0.25, 0.3) is 10.9 Å². The van der Waals surface area contributed by atoms with Crippen LogP contribution in [0.4, 0.5) is 4.39 Å². The summed E-state index contributed by atoms with van der Waals surface area (Å²) in [5, 5.41) is 0.767. The highest BCUT2D eigenvalue weighted by Crippen LogP contribution is 2.29. The maximum Gasteiger partial charge on any atom is 0.217 e. The number of aromatic amines is 1. The lowest BCUT2D eigenvalue weighted by Crippen LogP contribution is -2.31. The van der Waals surface area contributed by atoms with Crippen molar-refractivity contribution in [2.24, 2.45) is 5.73 Å². The second kappa shape index (κ2) is 7.79. The molecule has 1 aromatic heterocycles. The van der Waals surface area contributed by atoms with E-state index in [9.17, 15) is 9.18 Å². The van der Waals surface area contributed by atoms with E-state index in [0.29, 0.717) is 6.42 Å². The summed E-state index contributed by atoms with van der Waals surface area (Å²) >= 11 is 0. The number of amides is 1. The molecular weight excluding hydrogens is 305 g/mol. The first-order valence-corrected chi connectivity index (χ1v) is 8.94. The van der Waals surface area contributed by atoms with Crippen LogP contribution in [0.2, 0.25) is 0 Å². The van der Waals surface area contributed by atoms with Gasteiger partial charge in [0.05, 0.1) is 0 Å². The first-order chi connectivity index (χ1) is 11.6. The molecule has 0 spiro atoms. The Bertz CT molecular complexity index is 710. The molecule has 130 valence electrons. The number of fused-ring (bicyclic) bond motifs is 3. The van der Waals surface area contributed by atoms with Crippen LogP contribution in [0.3, 0.4) is 0 Å². The Balaban J connectivity index is 1.47. The third-order valence-electron chi connectivity index (χ3n) is 4.92. The van der Waals surface area contributed by atoms with Crippen LogP contribution in [0.1, 0.15) is 49.8 Å². The molecule has 4 nitrogen and oxygen atoms in total. The zero-order valence-corrected chi connectivity index (χ0v) is 14.1. The van der Waals surface area contributed by atoms with Gasteiger partial charge < -0.3 is 10.7 Å².